The molecular formula is C16H24N2O3. The monoisotopic (exact) mass is 292 g/mol. The smallest absolute Gasteiger partial charge is 0.143 e. The van der Waals surface area contributed by atoms with Crippen LogP contribution < -0.4 is 9.64 Å². The average molecular weight is 292 g/mol. The summed E-state index contributed by atoms with van der Waals surface area (Å²) in [6.07, 6.45) is 0.309. The van der Waals surface area contributed by atoms with E-state index in [1.165, 1.54) is 0 Å². The van der Waals surface area contributed by atoms with Crippen LogP contribution in [0.1, 0.15) is 18.1 Å². The number of hydrogen-bond donors (Lipinski definition) is 1. The summed E-state index contributed by atoms with van der Waals surface area (Å²) in [7, 11) is 2.07. The van der Waals surface area contributed by atoms with Gasteiger partial charge in [0.1, 0.15) is 12.4 Å². The first-order chi connectivity index (χ1) is 10.2. The molecule has 0 bridgehead atoms. The third-order valence-electron chi connectivity index (χ3n) is 4.29. The number of benzene rings is 1. The van der Waals surface area contributed by atoms with Gasteiger partial charge in [-0.05, 0) is 24.1 Å². The highest BCUT2D eigenvalue weighted by atomic mass is 16.5. The van der Waals surface area contributed by atoms with Gasteiger partial charge in [-0.15, -0.1) is 0 Å². The van der Waals surface area contributed by atoms with Gasteiger partial charge in [0.05, 0.1) is 31.5 Å². The second kappa shape index (κ2) is 6.64. The van der Waals surface area contributed by atoms with Crippen LogP contribution in [0, 0.1) is 0 Å². The topological polar surface area (TPSA) is 45.2 Å². The quantitative estimate of drug-likeness (QED) is 0.905. The lowest BCUT2D eigenvalue weighted by atomic mass is 10.0. The van der Waals surface area contributed by atoms with E-state index in [1.54, 1.807) is 0 Å². The van der Waals surface area contributed by atoms with E-state index >= 15 is 0 Å². The lowest BCUT2D eigenvalue weighted by molar-refractivity contribution is 0.0300. The first-order valence-electron chi connectivity index (χ1n) is 7.70. The maximum atomic E-state index is 10.4. The summed E-state index contributed by atoms with van der Waals surface area (Å²) in [6, 6.07) is 6.03. The van der Waals surface area contributed by atoms with Gasteiger partial charge in [0.25, 0.3) is 0 Å². The molecule has 0 amide bonds. The molecule has 21 heavy (non-hydrogen) atoms. The fourth-order valence-corrected chi connectivity index (χ4v) is 2.88. The zero-order valence-electron chi connectivity index (χ0n) is 12.6. The van der Waals surface area contributed by atoms with Crippen molar-refractivity contribution in [1.29, 1.82) is 0 Å². The van der Waals surface area contributed by atoms with E-state index in [0.717, 1.165) is 62.8 Å². The second-order valence-corrected chi connectivity index (χ2v) is 5.76. The Morgan fingerprint density at radius 3 is 2.81 bits per heavy atom. The summed E-state index contributed by atoms with van der Waals surface area (Å²) in [5, 5.41) is 10.4. The molecule has 0 spiro atoms. The minimum Gasteiger partial charge on any atom is -0.490 e. The number of hydrogen-bond acceptors (Lipinski definition) is 5. The SMILES string of the molecule is CN1CCOc2cc(C(O)CCN3CCOCC3)ccc21. The Hall–Kier alpha value is -1.30. The molecule has 1 N–H and O–H groups in total. The van der Waals surface area contributed by atoms with Crippen LogP contribution >= 0.6 is 0 Å². The molecule has 1 fully saturated rings. The standard InChI is InChI=1S/C16H24N2O3/c1-17-6-11-21-16-12-13(2-3-14(16)17)15(19)4-5-18-7-9-20-10-8-18/h2-3,12,15,19H,4-11H2,1H3. The Morgan fingerprint density at radius 1 is 1.19 bits per heavy atom. The average Bonchev–Trinajstić information content (AvgIpc) is 2.53. The summed E-state index contributed by atoms with van der Waals surface area (Å²) >= 11 is 0. The Bertz CT molecular complexity index is 475. The van der Waals surface area contributed by atoms with Crippen LogP contribution in [0.2, 0.25) is 0 Å². The third kappa shape index (κ3) is 3.48. The Balaban J connectivity index is 1.60. The Labute approximate surface area is 126 Å². The molecule has 0 aromatic heterocycles. The van der Waals surface area contributed by atoms with E-state index in [4.69, 9.17) is 9.47 Å². The van der Waals surface area contributed by atoms with Crippen LogP contribution in [-0.4, -0.2) is 63.1 Å². The second-order valence-electron chi connectivity index (χ2n) is 5.76. The van der Waals surface area contributed by atoms with Gasteiger partial charge in [-0.2, -0.15) is 0 Å². The van der Waals surface area contributed by atoms with Gasteiger partial charge in [-0.1, -0.05) is 6.07 Å². The van der Waals surface area contributed by atoms with Crippen LogP contribution in [0.4, 0.5) is 5.69 Å². The summed E-state index contributed by atoms with van der Waals surface area (Å²) < 4.78 is 11.0. The molecule has 0 radical (unpaired) electrons. The largest absolute Gasteiger partial charge is 0.490 e. The molecule has 0 aliphatic carbocycles. The number of nitrogens with zero attached hydrogens (tertiary/aromatic N) is 2. The molecule has 2 aliphatic rings. The van der Waals surface area contributed by atoms with Gasteiger partial charge >= 0.3 is 0 Å². The number of likely N-dealkylation sites (N-methyl/N-ethyl adjacent to an activating group) is 1. The normalized spacial score (nSPS) is 20.8. The van der Waals surface area contributed by atoms with Gasteiger partial charge in [-0.3, -0.25) is 4.90 Å². The summed E-state index contributed by atoms with van der Waals surface area (Å²) in [6.45, 7) is 6.05. The lowest BCUT2D eigenvalue weighted by Crippen LogP contribution is -2.37. The van der Waals surface area contributed by atoms with Crippen molar-refractivity contribution in [1.82, 2.24) is 4.90 Å². The minimum absolute atomic E-state index is 0.436. The molecule has 1 unspecified atom stereocenters. The molecule has 2 aliphatic heterocycles. The van der Waals surface area contributed by atoms with Gasteiger partial charge < -0.3 is 19.5 Å². The van der Waals surface area contributed by atoms with Crippen molar-refractivity contribution in [3.05, 3.63) is 23.8 Å². The van der Waals surface area contributed by atoms with E-state index in [-0.39, 0.29) is 0 Å². The van der Waals surface area contributed by atoms with Crippen molar-refractivity contribution in [2.45, 2.75) is 12.5 Å². The molecule has 1 atom stereocenters. The summed E-state index contributed by atoms with van der Waals surface area (Å²) in [5.41, 5.74) is 2.04. The molecule has 5 heteroatoms. The first-order valence-corrected chi connectivity index (χ1v) is 7.70. The van der Waals surface area contributed by atoms with Crippen molar-refractivity contribution in [2.75, 3.05) is 57.9 Å². The highest BCUT2D eigenvalue weighted by Crippen LogP contribution is 2.33. The minimum atomic E-state index is -0.436. The van der Waals surface area contributed by atoms with Gasteiger partial charge in [-0.25, -0.2) is 0 Å². The summed E-state index contributed by atoms with van der Waals surface area (Å²) in [4.78, 5) is 4.53. The predicted octanol–water partition coefficient (Wildman–Crippen LogP) is 1.27. The van der Waals surface area contributed by atoms with Gasteiger partial charge in [0.15, 0.2) is 0 Å². The maximum Gasteiger partial charge on any atom is 0.143 e. The molecule has 2 heterocycles. The van der Waals surface area contributed by atoms with E-state index in [2.05, 4.69) is 16.8 Å². The number of fused-ring (bicyclic) bond motifs is 1. The van der Waals surface area contributed by atoms with E-state index in [1.807, 2.05) is 18.2 Å². The molecule has 116 valence electrons. The zero-order chi connectivity index (χ0) is 14.7. The van der Waals surface area contributed by atoms with Gasteiger partial charge in [0, 0.05) is 26.7 Å². The van der Waals surface area contributed by atoms with Crippen LogP contribution in [0.3, 0.4) is 0 Å². The van der Waals surface area contributed by atoms with Crippen molar-refractivity contribution >= 4 is 5.69 Å². The number of aliphatic hydroxyl groups excluding tert-OH is 1. The molecule has 1 aromatic rings. The van der Waals surface area contributed by atoms with Gasteiger partial charge in [0.2, 0.25) is 0 Å². The number of anilines is 1. The lowest BCUT2D eigenvalue weighted by Gasteiger charge is -2.29. The van der Waals surface area contributed by atoms with Crippen molar-refractivity contribution < 1.29 is 14.6 Å². The summed E-state index contributed by atoms with van der Waals surface area (Å²) in [5.74, 6) is 0.881. The van der Waals surface area contributed by atoms with Crippen molar-refractivity contribution in [3.63, 3.8) is 0 Å². The molecule has 1 saturated heterocycles. The molecule has 5 nitrogen and oxygen atoms in total. The fraction of sp³-hybridized carbons (Fsp3) is 0.625. The van der Waals surface area contributed by atoms with E-state index in [0.29, 0.717) is 6.61 Å². The van der Waals surface area contributed by atoms with E-state index in [9.17, 15) is 5.11 Å². The van der Waals surface area contributed by atoms with Crippen LogP contribution in [0.25, 0.3) is 0 Å². The van der Waals surface area contributed by atoms with Crippen LogP contribution in [0.15, 0.2) is 18.2 Å². The molecule has 1 aromatic carbocycles. The number of morpholine rings is 1. The number of aliphatic hydroxyl groups is 1. The zero-order valence-corrected chi connectivity index (χ0v) is 12.6. The van der Waals surface area contributed by atoms with Crippen molar-refractivity contribution in [2.24, 2.45) is 0 Å². The Kier molecular flexibility index (Phi) is 4.63. The number of rotatable bonds is 4. The van der Waals surface area contributed by atoms with E-state index < -0.39 is 6.10 Å². The predicted molar refractivity (Wildman–Crippen MR) is 82.0 cm³/mol. The highest BCUT2D eigenvalue weighted by Gasteiger charge is 2.18. The third-order valence-corrected chi connectivity index (χ3v) is 4.29. The number of ether oxygens (including phenoxy) is 2. The Morgan fingerprint density at radius 2 is 2.00 bits per heavy atom. The van der Waals surface area contributed by atoms with Crippen molar-refractivity contribution in [3.8, 4) is 5.75 Å². The molecular weight excluding hydrogens is 268 g/mol. The molecule has 3 rings (SSSR count). The fourth-order valence-electron chi connectivity index (χ4n) is 2.88. The molecule has 0 saturated carbocycles. The maximum absolute atomic E-state index is 10.4. The first kappa shape index (κ1) is 14.6. The highest BCUT2D eigenvalue weighted by molar-refractivity contribution is 5.60. The van der Waals surface area contributed by atoms with Crippen LogP contribution in [0.5, 0.6) is 5.75 Å². The van der Waals surface area contributed by atoms with Crippen LogP contribution in [-0.2, 0) is 4.74 Å².